The summed E-state index contributed by atoms with van der Waals surface area (Å²) in [6.07, 6.45) is 0. The molecule has 0 saturated heterocycles. The molecule has 5 heteroatoms. The van der Waals surface area contributed by atoms with Crippen molar-refractivity contribution in [2.75, 3.05) is 0 Å². The van der Waals surface area contributed by atoms with E-state index < -0.39 is 0 Å². The maximum atomic E-state index is 5.02. The molecule has 0 radical (unpaired) electrons. The summed E-state index contributed by atoms with van der Waals surface area (Å²) in [7, 11) is 0. The highest BCUT2D eigenvalue weighted by Crippen LogP contribution is 2.20. The molecule has 4 nitrogen and oxygen atoms in total. The summed E-state index contributed by atoms with van der Waals surface area (Å²) in [4.78, 5) is 6.85. The second kappa shape index (κ2) is 4.76. The quantitative estimate of drug-likeness (QED) is 0.886. The van der Waals surface area contributed by atoms with Crippen LogP contribution in [0.25, 0.3) is 0 Å². The molecule has 2 aromatic rings. The molecule has 1 N–H and O–H groups in total. The van der Waals surface area contributed by atoms with Crippen molar-refractivity contribution in [1.82, 2.24) is 15.5 Å². The Kier molecular flexibility index (Phi) is 3.36. The third-order valence-electron chi connectivity index (χ3n) is 2.31. The summed E-state index contributed by atoms with van der Waals surface area (Å²) in [6, 6.07) is 2.21. The van der Waals surface area contributed by atoms with E-state index >= 15 is 0 Å². The van der Waals surface area contributed by atoms with E-state index in [2.05, 4.69) is 35.4 Å². The van der Waals surface area contributed by atoms with Crippen LogP contribution in [-0.4, -0.2) is 10.1 Å². The van der Waals surface area contributed by atoms with Crippen LogP contribution in [0.4, 0.5) is 0 Å². The highest BCUT2D eigenvalue weighted by Gasteiger charge is 2.04. The fraction of sp³-hybridized carbons (Fsp3) is 0.455. The van der Waals surface area contributed by atoms with Gasteiger partial charge in [-0.2, -0.15) is 4.98 Å². The Bertz CT molecular complexity index is 475. The highest BCUT2D eigenvalue weighted by molar-refractivity contribution is 7.12. The SMILES string of the molecule is Cc1noc(CNCc2cc(C)sc2C)n1. The van der Waals surface area contributed by atoms with Gasteiger partial charge in [-0.05, 0) is 32.4 Å². The van der Waals surface area contributed by atoms with E-state index in [-0.39, 0.29) is 0 Å². The lowest BCUT2D eigenvalue weighted by Gasteiger charge is -2.00. The van der Waals surface area contributed by atoms with E-state index in [0.717, 1.165) is 6.54 Å². The molecule has 2 aromatic heterocycles. The summed E-state index contributed by atoms with van der Waals surface area (Å²) in [6.45, 7) is 7.56. The van der Waals surface area contributed by atoms with Crippen molar-refractivity contribution in [3.05, 3.63) is 33.1 Å². The number of thiophene rings is 1. The van der Waals surface area contributed by atoms with Gasteiger partial charge in [0.05, 0.1) is 6.54 Å². The molecular weight excluding hydrogens is 222 g/mol. The molecule has 0 aliphatic rings. The van der Waals surface area contributed by atoms with Crippen LogP contribution in [0.2, 0.25) is 0 Å². The van der Waals surface area contributed by atoms with Crippen LogP contribution in [0.3, 0.4) is 0 Å². The average Bonchev–Trinajstić information content (AvgIpc) is 2.74. The molecule has 0 fully saturated rings. The first-order chi connectivity index (χ1) is 7.65. The Labute approximate surface area is 98.7 Å². The van der Waals surface area contributed by atoms with Gasteiger partial charge in [-0.3, -0.25) is 0 Å². The third kappa shape index (κ3) is 2.68. The molecule has 0 aliphatic carbocycles. The Morgan fingerprint density at radius 1 is 1.31 bits per heavy atom. The van der Waals surface area contributed by atoms with Crippen molar-refractivity contribution in [1.29, 1.82) is 0 Å². The van der Waals surface area contributed by atoms with E-state index in [9.17, 15) is 0 Å². The number of nitrogens with one attached hydrogen (secondary N) is 1. The average molecular weight is 237 g/mol. The summed E-state index contributed by atoms with van der Waals surface area (Å²) < 4.78 is 5.02. The number of rotatable bonds is 4. The van der Waals surface area contributed by atoms with Gasteiger partial charge in [0.2, 0.25) is 5.89 Å². The molecule has 0 bridgehead atoms. The van der Waals surface area contributed by atoms with Crippen LogP contribution in [-0.2, 0) is 13.1 Å². The predicted molar refractivity (Wildman–Crippen MR) is 63.4 cm³/mol. The van der Waals surface area contributed by atoms with Gasteiger partial charge in [0.1, 0.15) is 0 Å². The maximum Gasteiger partial charge on any atom is 0.240 e. The standard InChI is InChI=1S/C11H15N3OS/c1-7-4-10(8(2)16-7)5-12-6-11-13-9(3)14-15-11/h4,12H,5-6H2,1-3H3. The lowest BCUT2D eigenvalue weighted by atomic mass is 10.2. The molecule has 0 aromatic carbocycles. The molecule has 16 heavy (non-hydrogen) atoms. The van der Waals surface area contributed by atoms with E-state index in [0.29, 0.717) is 18.3 Å². The Balaban J connectivity index is 1.86. The molecule has 0 unspecified atom stereocenters. The molecule has 0 amide bonds. The minimum Gasteiger partial charge on any atom is -0.338 e. The molecule has 86 valence electrons. The van der Waals surface area contributed by atoms with Crippen LogP contribution >= 0.6 is 11.3 Å². The normalized spacial score (nSPS) is 10.9. The summed E-state index contributed by atoms with van der Waals surface area (Å²) in [5.74, 6) is 1.32. The summed E-state index contributed by atoms with van der Waals surface area (Å²) >= 11 is 1.83. The first kappa shape index (κ1) is 11.3. The van der Waals surface area contributed by atoms with Crippen LogP contribution in [0.5, 0.6) is 0 Å². The van der Waals surface area contributed by atoms with Crippen molar-refractivity contribution in [2.24, 2.45) is 0 Å². The molecule has 0 atom stereocenters. The zero-order chi connectivity index (χ0) is 11.5. The van der Waals surface area contributed by atoms with Crippen molar-refractivity contribution in [2.45, 2.75) is 33.9 Å². The topological polar surface area (TPSA) is 51.0 Å². The molecule has 2 heterocycles. The predicted octanol–water partition coefficient (Wildman–Crippen LogP) is 2.35. The van der Waals surface area contributed by atoms with Gasteiger partial charge >= 0.3 is 0 Å². The van der Waals surface area contributed by atoms with Crippen molar-refractivity contribution < 1.29 is 4.52 Å². The fourth-order valence-corrected chi connectivity index (χ4v) is 2.52. The smallest absolute Gasteiger partial charge is 0.240 e. The first-order valence-corrected chi connectivity index (χ1v) is 6.02. The number of hydrogen-bond donors (Lipinski definition) is 1. The zero-order valence-corrected chi connectivity index (χ0v) is 10.5. The molecule has 0 saturated carbocycles. The van der Waals surface area contributed by atoms with Crippen LogP contribution in [0.1, 0.15) is 27.0 Å². The molecule has 0 aliphatic heterocycles. The van der Waals surface area contributed by atoms with Gasteiger partial charge in [-0.15, -0.1) is 11.3 Å². The third-order valence-corrected chi connectivity index (χ3v) is 3.31. The van der Waals surface area contributed by atoms with Gasteiger partial charge in [0, 0.05) is 16.3 Å². The second-order valence-electron chi connectivity index (χ2n) is 3.78. The Morgan fingerprint density at radius 2 is 2.12 bits per heavy atom. The van der Waals surface area contributed by atoms with Gasteiger partial charge in [0.15, 0.2) is 5.82 Å². The van der Waals surface area contributed by atoms with E-state index in [4.69, 9.17) is 4.52 Å². The summed E-state index contributed by atoms with van der Waals surface area (Å²) in [5, 5.41) is 7.04. The number of aryl methyl sites for hydroxylation is 3. The number of hydrogen-bond acceptors (Lipinski definition) is 5. The second-order valence-corrected chi connectivity index (χ2v) is 5.24. The maximum absolute atomic E-state index is 5.02. The van der Waals surface area contributed by atoms with Gasteiger partial charge in [0.25, 0.3) is 0 Å². The van der Waals surface area contributed by atoms with E-state index in [1.165, 1.54) is 15.3 Å². The Hall–Kier alpha value is -1.20. The molecular formula is C11H15N3OS. The monoisotopic (exact) mass is 237 g/mol. The van der Waals surface area contributed by atoms with Gasteiger partial charge in [-0.25, -0.2) is 0 Å². The molecule has 2 rings (SSSR count). The number of nitrogens with zero attached hydrogens (tertiary/aromatic N) is 2. The fourth-order valence-electron chi connectivity index (χ4n) is 1.57. The van der Waals surface area contributed by atoms with Crippen LogP contribution in [0.15, 0.2) is 10.6 Å². The minimum absolute atomic E-state index is 0.620. The Morgan fingerprint density at radius 3 is 2.69 bits per heavy atom. The molecule has 0 spiro atoms. The van der Waals surface area contributed by atoms with E-state index in [1.54, 1.807) is 0 Å². The first-order valence-electron chi connectivity index (χ1n) is 5.21. The van der Waals surface area contributed by atoms with Gasteiger partial charge in [-0.1, -0.05) is 5.16 Å². The van der Waals surface area contributed by atoms with Crippen molar-refractivity contribution >= 4 is 11.3 Å². The number of aromatic nitrogens is 2. The zero-order valence-electron chi connectivity index (χ0n) is 9.70. The largest absolute Gasteiger partial charge is 0.338 e. The lowest BCUT2D eigenvalue weighted by Crippen LogP contribution is -2.12. The highest BCUT2D eigenvalue weighted by atomic mass is 32.1. The van der Waals surface area contributed by atoms with E-state index in [1.807, 2.05) is 18.3 Å². The minimum atomic E-state index is 0.620. The van der Waals surface area contributed by atoms with Crippen LogP contribution in [0, 0.1) is 20.8 Å². The van der Waals surface area contributed by atoms with Crippen molar-refractivity contribution in [3.63, 3.8) is 0 Å². The lowest BCUT2D eigenvalue weighted by molar-refractivity contribution is 0.364. The van der Waals surface area contributed by atoms with Crippen molar-refractivity contribution in [3.8, 4) is 0 Å². The summed E-state index contributed by atoms with van der Waals surface area (Å²) in [5.41, 5.74) is 1.35. The van der Waals surface area contributed by atoms with Crippen LogP contribution < -0.4 is 5.32 Å². The van der Waals surface area contributed by atoms with Gasteiger partial charge < -0.3 is 9.84 Å².